The lowest BCUT2D eigenvalue weighted by atomic mass is 10.2. The summed E-state index contributed by atoms with van der Waals surface area (Å²) in [5.41, 5.74) is 0.440. The first kappa shape index (κ1) is 14.0. The first-order chi connectivity index (χ1) is 10.6. The van der Waals surface area contributed by atoms with Crippen LogP contribution in [0.25, 0.3) is 11.5 Å². The van der Waals surface area contributed by atoms with Crippen LogP contribution in [0.3, 0.4) is 0 Å². The van der Waals surface area contributed by atoms with E-state index in [0.29, 0.717) is 17.2 Å². The van der Waals surface area contributed by atoms with Crippen LogP contribution in [0.4, 0.5) is 5.69 Å². The van der Waals surface area contributed by atoms with Gasteiger partial charge >= 0.3 is 5.69 Å². The molecule has 3 aromatic rings. The number of rotatable bonds is 4. The van der Waals surface area contributed by atoms with Crippen molar-refractivity contribution in [3.63, 3.8) is 0 Å². The molecule has 0 aliphatic rings. The van der Waals surface area contributed by atoms with E-state index in [1.54, 1.807) is 30.3 Å². The molecule has 1 heterocycles. The molecule has 0 saturated carbocycles. The van der Waals surface area contributed by atoms with Crippen molar-refractivity contribution in [2.24, 2.45) is 0 Å². The number of ether oxygens (including phenoxy) is 1. The number of nitro benzene ring substituents is 1. The number of halogens is 1. The van der Waals surface area contributed by atoms with Crippen molar-refractivity contribution in [1.82, 2.24) is 10.2 Å². The monoisotopic (exact) mass is 317 g/mol. The van der Waals surface area contributed by atoms with Gasteiger partial charge in [0.1, 0.15) is 10.8 Å². The third kappa shape index (κ3) is 2.75. The van der Waals surface area contributed by atoms with Crippen molar-refractivity contribution >= 4 is 17.3 Å². The molecule has 2 aromatic carbocycles. The van der Waals surface area contributed by atoms with Gasteiger partial charge in [-0.2, -0.15) is 0 Å². The highest BCUT2D eigenvalue weighted by atomic mass is 35.5. The van der Waals surface area contributed by atoms with E-state index in [9.17, 15) is 10.1 Å². The van der Waals surface area contributed by atoms with Gasteiger partial charge in [-0.05, 0) is 36.4 Å². The summed E-state index contributed by atoms with van der Waals surface area (Å²) in [7, 11) is 0. The zero-order valence-electron chi connectivity index (χ0n) is 11.0. The quantitative estimate of drug-likeness (QED) is 0.531. The minimum absolute atomic E-state index is 0.0185. The molecule has 0 atom stereocenters. The van der Waals surface area contributed by atoms with Crippen molar-refractivity contribution in [3.8, 4) is 23.0 Å². The predicted octanol–water partition coefficient (Wildman–Crippen LogP) is 4.09. The Bertz CT molecular complexity index is 803. The molecule has 0 saturated heterocycles. The van der Waals surface area contributed by atoms with E-state index in [4.69, 9.17) is 20.8 Å². The Kier molecular flexibility index (Phi) is 3.71. The van der Waals surface area contributed by atoms with Gasteiger partial charge in [-0.3, -0.25) is 10.1 Å². The third-order valence-electron chi connectivity index (χ3n) is 2.82. The van der Waals surface area contributed by atoms with Gasteiger partial charge in [-0.15, -0.1) is 10.2 Å². The molecule has 3 rings (SSSR count). The summed E-state index contributed by atoms with van der Waals surface area (Å²) in [5.74, 6) is 0.872. The van der Waals surface area contributed by atoms with Gasteiger partial charge in [0.15, 0.2) is 0 Å². The zero-order chi connectivity index (χ0) is 15.5. The average molecular weight is 318 g/mol. The fourth-order valence-electron chi connectivity index (χ4n) is 1.85. The van der Waals surface area contributed by atoms with Crippen LogP contribution in [0.5, 0.6) is 11.5 Å². The summed E-state index contributed by atoms with van der Waals surface area (Å²) in [4.78, 5) is 10.5. The fraction of sp³-hybridized carbons (Fsp3) is 0. The molecule has 0 N–H and O–H groups in total. The topological polar surface area (TPSA) is 91.3 Å². The summed E-state index contributed by atoms with van der Waals surface area (Å²) in [5, 5.41) is 18.5. The smallest absolute Gasteiger partial charge is 0.329 e. The summed E-state index contributed by atoms with van der Waals surface area (Å²) in [6.45, 7) is 0. The zero-order valence-corrected chi connectivity index (χ0v) is 11.7. The maximum atomic E-state index is 11.1. The fourth-order valence-corrected chi connectivity index (χ4v) is 2.08. The molecule has 110 valence electrons. The lowest BCUT2D eigenvalue weighted by molar-refractivity contribution is -0.385. The van der Waals surface area contributed by atoms with Gasteiger partial charge in [-0.25, -0.2) is 0 Å². The number of hydrogen-bond donors (Lipinski definition) is 0. The van der Waals surface area contributed by atoms with Crippen LogP contribution in [0, 0.1) is 10.1 Å². The van der Waals surface area contributed by atoms with Gasteiger partial charge in [0.25, 0.3) is 0 Å². The molecule has 22 heavy (non-hydrogen) atoms. The molecule has 0 unspecified atom stereocenters. The molecular formula is C14H8ClN3O4. The molecule has 7 nitrogen and oxygen atoms in total. The highest BCUT2D eigenvalue weighted by Gasteiger charge is 2.20. The largest absolute Gasteiger partial charge is 0.450 e. The van der Waals surface area contributed by atoms with Gasteiger partial charge in [0.2, 0.25) is 18.0 Å². The maximum absolute atomic E-state index is 11.1. The Morgan fingerprint density at radius 3 is 2.59 bits per heavy atom. The van der Waals surface area contributed by atoms with Crippen LogP contribution < -0.4 is 4.74 Å². The molecular weight excluding hydrogens is 310 g/mol. The molecule has 0 spiro atoms. The molecule has 0 aliphatic heterocycles. The second-order valence-electron chi connectivity index (χ2n) is 4.21. The Morgan fingerprint density at radius 2 is 1.95 bits per heavy atom. The van der Waals surface area contributed by atoms with E-state index < -0.39 is 4.92 Å². The van der Waals surface area contributed by atoms with Gasteiger partial charge in [0, 0.05) is 5.56 Å². The van der Waals surface area contributed by atoms with E-state index in [-0.39, 0.29) is 16.5 Å². The number of benzene rings is 2. The maximum Gasteiger partial charge on any atom is 0.329 e. The third-order valence-corrected chi connectivity index (χ3v) is 3.13. The van der Waals surface area contributed by atoms with Crippen molar-refractivity contribution in [2.45, 2.75) is 0 Å². The summed E-state index contributed by atoms with van der Waals surface area (Å²) in [6.07, 6.45) is 1.23. The number of nitro groups is 1. The Morgan fingerprint density at radius 1 is 1.18 bits per heavy atom. The van der Waals surface area contributed by atoms with Gasteiger partial charge < -0.3 is 9.15 Å². The first-order valence-corrected chi connectivity index (χ1v) is 6.50. The van der Waals surface area contributed by atoms with E-state index in [1.165, 1.54) is 18.5 Å². The molecule has 0 radical (unpaired) electrons. The van der Waals surface area contributed by atoms with E-state index in [1.807, 2.05) is 0 Å². The van der Waals surface area contributed by atoms with Crippen molar-refractivity contribution < 1.29 is 14.1 Å². The van der Waals surface area contributed by atoms with Crippen LogP contribution >= 0.6 is 11.6 Å². The van der Waals surface area contributed by atoms with Crippen molar-refractivity contribution in [1.29, 1.82) is 0 Å². The molecule has 0 fully saturated rings. The highest BCUT2D eigenvalue weighted by molar-refractivity contribution is 6.32. The van der Waals surface area contributed by atoms with Gasteiger partial charge in [0.05, 0.1) is 4.92 Å². The van der Waals surface area contributed by atoms with Crippen LogP contribution in [0.1, 0.15) is 0 Å². The minimum Gasteiger partial charge on any atom is -0.450 e. The summed E-state index contributed by atoms with van der Waals surface area (Å²) < 4.78 is 10.6. The number of hydrogen-bond acceptors (Lipinski definition) is 6. The minimum atomic E-state index is -0.579. The summed E-state index contributed by atoms with van der Waals surface area (Å²) in [6, 6.07) is 11.2. The Hall–Kier alpha value is -2.93. The number of aromatic nitrogens is 2. The average Bonchev–Trinajstić information content (AvgIpc) is 3.02. The van der Waals surface area contributed by atoms with Crippen molar-refractivity contribution in [3.05, 3.63) is 64.0 Å². The van der Waals surface area contributed by atoms with Crippen LogP contribution in [-0.2, 0) is 0 Å². The van der Waals surface area contributed by atoms with E-state index >= 15 is 0 Å². The molecule has 0 aliphatic carbocycles. The highest BCUT2D eigenvalue weighted by Crippen LogP contribution is 2.37. The molecule has 0 bridgehead atoms. The summed E-state index contributed by atoms with van der Waals surface area (Å²) >= 11 is 5.83. The van der Waals surface area contributed by atoms with E-state index in [2.05, 4.69) is 10.2 Å². The van der Waals surface area contributed by atoms with Crippen LogP contribution in [0.15, 0.2) is 53.3 Å². The Balaban J connectivity index is 1.88. The molecule has 0 amide bonds. The van der Waals surface area contributed by atoms with Crippen molar-refractivity contribution in [2.75, 3.05) is 0 Å². The normalized spacial score (nSPS) is 10.4. The van der Waals surface area contributed by atoms with Crippen LogP contribution in [-0.4, -0.2) is 15.1 Å². The van der Waals surface area contributed by atoms with Crippen LogP contribution in [0.2, 0.25) is 5.02 Å². The molecule has 8 heteroatoms. The number of nitrogens with zero attached hydrogens (tertiary/aromatic N) is 3. The molecule has 1 aromatic heterocycles. The van der Waals surface area contributed by atoms with E-state index in [0.717, 1.165) is 0 Å². The predicted molar refractivity (Wildman–Crippen MR) is 77.9 cm³/mol. The SMILES string of the molecule is O=[N+]([O-])c1c(Cl)cccc1Oc1ccc(-c2nnco2)cc1. The lowest BCUT2D eigenvalue weighted by Gasteiger charge is -2.07. The standard InChI is InChI=1S/C14H8ClN3O4/c15-11-2-1-3-12(13(11)18(19)20)22-10-6-4-9(5-7-10)14-17-16-8-21-14/h1-8H. The van der Waals surface area contributed by atoms with Gasteiger partial charge in [-0.1, -0.05) is 17.7 Å². The second kappa shape index (κ2) is 5.82. The Labute approximate surface area is 129 Å². The second-order valence-corrected chi connectivity index (χ2v) is 4.62. The number of para-hydroxylation sites is 1. The first-order valence-electron chi connectivity index (χ1n) is 6.12. The lowest BCUT2D eigenvalue weighted by Crippen LogP contribution is -1.94.